The van der Waals surface area contributed by atoms with Gasteiger partial charge in [0.15, 0.2) is 5.96 Å². The van der Waals surface area contributed by atoms with Crippen LogP contribution in [0, 0.1) is 0 Å². The minimum absolute atomic E-state index is 0.310. The zero-order valence-corrected chi connectivity index (χ0v) is 14.4. The average molecular weight is 312 g/mol. The Morgan fingerprint density at radius 2 is 2.14 bits per heavy atom. The van der Waals surface area contributed by atoms with Crippen LogP contribution in [-0.4, -0.2) is 62.7 Å². The number of hydrogen-bond acceptors (Lipinski definition) is 3. The van der Waals surface area contributed by atoms with E-state index in [0.29, 0.717) is 18.4 Å². The van der Waals surface area contributed by atoms with Gasteiger partial charge in [-0.2, -0.15) is 0 Å². The summed E-state index contributed by atoms with van der Waals surface area (Å²) in [5.41, 5.74) is 0. The highest BCUT2D eigenvalue weighted by Gasteiger charge is 2.26. The Bertz CT molecular complexity index is 347. The van der Waals surface area contributed by atoms with E-state index < -0.39 is 0 Å². The molecule has 0 aromatic rings. The molecule has 6 nitrogen and oxygen atoms in total. The minimum Gasteiger partial charge on any atom is -0.382 e. The fourth-order valence-corrected chi connectivity index (χ4v) is 2.74. The van der Waals surface area contributed by atoms with Crippen molar-refractivity contribution in [3.63, 3.8) is 0 Å². The van der Waals surface area contributed by atoms with Gasteiger partial charge in [-0.3, -0.25) is 9.79 Å². The monoisotopic (exact) mass is 312 g/mol. The molecular weight excluding hydrogens is 280 g/mol. The number of guanidine groups is 1. The van der Waals surface area contributed by atoms with Crippen LogP contribution < -0.4 is 10.6 Å². The van der Waals surface area contributed by atoms with E-state index in [1.54, 1.807) is 7.05 Å². The molecule has 22 heavy (non-hydrogen) atoms. The topological polar surface area (TPSA) is 66.0 Å². The number of nitrogens with one attached hydrogen (secondary N) is 2. The number of carbonyl (C=O) groups is 1. The lowest BCUT2D eigenvalue weighted by molar-refractivity contribution is -0.129. The van der Waals surface area contributed by atoms with Gasteiger partial charge in [-0.25, -0.2) is 0 Å². The molecule has 128 valence electrons. The quantitative estimate of drug-likeness (QED) is 0.363. The van der Waals surface area contributed by atoms with Gasteiger partial charge in [0.25, 0.3) is 0 Å². The highest BCUT2D eigenvalue weighted by Crippen LogP contribution is 2.17. The molecule has 1 unspecified atom stereocenters. The third-order valence-electron chi connectivity index (χ3n) is 3.98. The third-order valence-corrected chi connectivity index (χ3v) is 3.98. The summed E-state index contributed by atoms with van der Waals surface area (Å²) in [6, 6.07) is 0.346. The zero-order chi connectivity index (χ0) is 16.2. The Balaban J connectivity index is 2.20. The maximum atomic E-state index is 11.8. The van der Waals surface area contributed by atoms with Crippen molar-refractivity contribution in [2.45, 2.75) is 52.0 Å². The van der Waals surface area contributed by atoms with Crippen molar-refractivity contribution in [3.8, 4) is 0 Å². The molecule has 0 aliphatic carbocycles. The standard InChI is InChI=1S/C16H32N4O2/c1-4-14(20-12-6-8-15(20)21)9-11-19-16(17-3)18-10-7-13-22-5-2/h14H,4-13H2,1-3H3,(H2,17,18,19). The Labute approximate surface area is 134 Å². The third kappa shape index (κ3) is 6.64. The van der Waals surface area contributed by atoms with Crippen LogP contribution in [0.4, 0.5) is 0 Å². The molecule has 1 amide bonds. The van der Waals surface area contributed by atoms with Crippen LogP contribution in [0.1, 0.15) is 46.0 Å². The predicted molar refractivity (Wildman–Crippen MR) is 90.1 cm³/mol. The number of nitrogens with zero attached hydrogens (tertiary/aromatic N) is 2. The Hall–Kier alpha value is -1.30. The highest BCUT2D eigenvalue weighted by atomic mass is 16.5. The van der Waals surface area contributed by atoms with Gasteiger partial charge in [0.05, 0.1) is 0 Å². The summed E-state index contributed by atoms with van der Waals surface area (Å²) in [5.74, 6) is 1.13. The van der Waals surface area contributed by atoms with Gasteiger partial charge in [-0.1, -0.05) is 6.92 Å². The van der Waals surface area contributed by atoms with Crippen LogP contribution >= 0.6 is 0 Å². The molecule has 0 radical (unpaired) electrons. The summed E-state index contributed by atoms with van der Waals surface area (Å²) >= 11 is 0. The highest BCUT2D eigenvalue weighted by molar-refractivity contribution is 5.79. The van der Waals surface area contributed by atoms with Gasteiger partial charge in [0, 0.05) is 52.4 Å². The van der Waals surface area contributed by atoms with Crippen molar-refractivity contribution in [2.24, 2.45) is 4.99 Å². The maximum Gasteiger partial charge on any atom is 0.222 e. The first kappa shape index (κ1) is 18.7. The van der Waals surface area contributed by atoms with Gasteiger partial charge in [0.2, 0.25) is 5.91 Å². The van der Waals surface area contributed by atoms with Crippen LogP contribution in [0.5, 0.6) is 0 Å². The molecule has 0 aromatic carbocycles. The Kier molecular flexibility index (Phi) is 9.62. The summed E-state index contributed by atoms with van der Waals surface area (Å²) in [6.07, 6.45) is 4.66. The molecule has 1 aliphatic heterocycles. The van der Waals surface area contributed by atoms with E-state index >= 15 is 0 Å². The predicted octanol–water partition coefficient (Wildman–Crippen LogP) is 1.37. The first-order valence-corrected chi connectivity index (χ1v) is 8.54. The lowest BCUT2D eigenvalue weighted by atomic mass is 10.1. The molecule has 0 spiro atoms. The van der Waals surface area contributed by atoms with Crippen molar-refractivity contribution < 1.29 is 9.53 Å². The van der Waals surface area contributed by atoms with E-state index in [1.165, 1.54) is 0 Å². The molecule has 1 aliphatic rings. The molecule has 1 saturated heterocycles. The van der Waals surface area contributed by atoms with Crippen molar-refractivity contribution in [2.75, 3.05) is 39.9 Å². The molecule has 6 heteroatoms. The fourth-order valence-electron chi connectivity index (χ4n) is 2.74. The average Bonchev–Trinajstić information content (AvgIpc) is 2.95. The maximum absolute atomic E-state index is 11.8. The fraction of sp³-hybridized carbons (Fsp3) is 0.875. The largest absolute Gasteiger partial charge is 0.382 e. The second kappa shape index (κ2) is 11.3. The summed E-state index contributed by atoms with van der Waals surface area (Å²) < 4.78 is 5.31. The van der Waals surface area contributed by atoms with Crippen LogP contribution in [0.15, 0.2) is 4.99 Å². The number of aliphatic imine (C=N–C) groups is 1. The van der Waals surface area contributed by atoms with Crippen molar-refractivity contribution in [1.82, 2.24) is 15.5 Å². The van der Waals surface area contributed by atoms with E-state index in [4.69, 9.17) is 4.74 Å². The van der Waals surface area contributed by atoms with E-state index in [9.17, 15) is 4.79 Å². The second-order valence-corrected chi connectivity index (χ2v) is 5.52. The Morgan fingerprint density at radius 3 is 2.73 bits per heavy atom. The summed E-state index contributed by atoms with van der Waals surface area (Å²) in [5, 5.41) is 6.60. The number of carbonyl (C=O) groups excluding carboxylic acids is 1. The first-order valence-electron chi connectivity index (χ1n) is 8.54. The first-order chi connectivity index (χ1) is 10.7. The number of rotatable bonds is 10. The minimum atomic E-state index is 0.310. The van der Waals surface area contributed by atoms with Crippen molar-refractivity contribution in [1.29, 1.82) is 0 Å². The normalized spacial score (nSPS) is 17.0. The zero-order valence-electron chi connectivity index (χ0n) is 14.4. The van der Waals surface area contributed by atoms with Gasteiger partial charge < -0.3 is 20.3 Å². The van der Waals surface area contributed by atoms with Crippen LogP contribution in [0.2, 0.25) is 0 Å². The van der Waals surface area contributed by atoms with Crippen molar-refractivity contribution >= 4 is 11.9 Å². The van der Waals surface area contributed by atoms with E-state index in [1.807, 2.05) is 11.8 Å². The van der Waals surface area contributed by atoms with Gasteiger partial charge in [0.1, 0.15) is 0 Å². The number of likely N-dealkylation sites (tertiary alicyclic amines) is 1. The SMILES string of the molecule is CCOCCCNC(=NC)NCCC(CC)N1CCCC1=O. The van der Waals surface area contributed by atoms with E-state index in [-0.39, 0.29) is 0 Å². The second-order valence-electron chi connectivity index (χ2n) is 5.52. The van der Waals surface area contributed by atoms with Crippen LogP contribution in [0.3, 0.4) is 0 Å². The Morgan fingerprint density at radius 1 is 1.36 bits per heavy atom. The van der Waals surface area contributed by atoms with E-state index in [2.05, 4.69) is 22.5 Å². The molecule has 1 rings (SSSR count). The van der Waals surface area contributed by atoms with E-state index in [0.717, 1.165) is 64.5 Å². The summed E-state index contributed by atoms with van der Waals surface area (Å²) in [4.78, 5) is 18.1. The molecule has 0 aromatic heterocycles. The van der Waals surface area contributed by atoms with Gasteiger partial charge >= 0.3 is 0 Å². The number of amides is 1. The number of ether oxygens (including phenoxy) is 1. The lowest BCUT2D eigenvalue weighted by Gasteiger charge is -2.27. The van der Waals surface area contributed by atoms with Crippen LogP contribution in [-0.2, 0) is 9.53 Å². The molecule has 0 bridgehead atoms. The van der Waals surface area contributed by atoms with Crippen molar-refractivity contribution in [3.05, 3.63) is 0 Å². The molecule has 0 saturated carbocycles. The lowest BCUT2D eigenvalue weighted by Crippen LogP contribution is -2.42. The molecule has 1 fully saturated rings. The molecular formula is C16H32N4O2. The van der Waals surface area contributed by atoms with Gasteiger partial charge in [-0.05, 0) is 32.6 Å². The smallest absolute Gasteiger partial charge is 0.222 e. The number of hydrogen-bond donors (Lipinski definition) is 2. The summed E-state index contributed by atoms with van der Waals surface area (Å²) in [6.45, 7) is 8.28. The molecule has 2 N–H and O–H groups in total. The van der Waals surface area contributed by atoms with Crippen LogP contribution in [0.25, 0.3) is 0 Å². The molecule has 1 heterocycles. The van der Waals surface area contributed by atoms with Gasteiger partial charge in [-0.15, -0.1) is 0 Å². The molecule has 1 atom stereocenters. The summed E-state index contributed by atoms with van der Waals surface area (Å²) in [7, 11) is 1.78.